The third-order valence-corrected chi connectivity index (χ3v) is 5.26. The number of hydrogen-bond acceptors (Lipinski definition) is 7. The van der Waals surface area contributed by atoms with Gasteiger partial charge in [0.15, 0.2) is 11.5 Å². The lowest BCUT2D eigenvalue weighted by atomic mass is 10.1. The van der Waals surface area contributed by atoms with E-state index in [-0.39, 0.29) is 6.61 Å². The van der Waals surface area contributed by atoms with Crippen LogP contribution in [-0.4, -0.2) is 35.2 Å². The number of aryl methyl sites for hydroxylation is 1. The maximum atomic E-state index is 11.5. The molecule has 33 heavy (non-hydrogen) atoms. The Labute approximate surface area is 191 Å². The van der Waals surface area contributed by atoms with Crippen LogP contribution in [0, 0.1) is 6.92 Å². The van der Waals surface area contributed by atoms with Crippen molar-refractivity contribution in [1.29, 1.82) is 0 Å². The number of anilines is 2. The highest BCUT2D eigenvalue weighted by molar-refractivity contribution is 5.93. The first kappa shape index (κ1) is 22.0. The van der Waals surface area contributed by atoms with Gasteiger partial charge in [-0.1, -0.05) is 24.3 Å². The summed E-state index contributed by atoms with van der Waals surface area (Å²) < 4.78 is 11.5. The van der Waals surface area contributed by atoms with Gasteiger partial charge >= 0.3 is 0 Å². The maximum absolute atomic E-state index is 11.5. The van der Waals surface area contributed by atoms with Gasteiger partial charge in [0.25, 0.3) is 5.91 Å². The maximum Gasteiger partial charge on any atom is 0.274 e. The molecule has 0 radical (unpaired) electrons. The molecule has 0 atom stereocenters. The van der Waals surface area contributed by atoms with Crippen molar-refractivity contribution in [2.75, 3.05) is 19.1 Å². The average Bonchev–Trinajstić information content (AvgIpc) is 2.86. The first-order chi connectivity index (χ1) is 16.0. The summed E-state index contributed by atoms with van der Waals surface area (Å²) in [6, 6.07) is 20.4. The van der Waals surface area contributed by atoms with Crippen LogP contribution < -0.4 is 19.9 Å². The summed E-state index contributed by atoms with van der Waals surface area (Å²) >= 11 is 0. The molecule has 4 aromatic rings. The fourth-order valence-electron chi connectivity index (χ4n) is 3.52. The molecule has 0 aliphatic heterocycles. The largest absolute Gasteiger partial charge is 0.493 e. The van der Waals surface area contributed by atoms with Crippen LogP contribution >= 0.6 is 0 Å². The Hall–Kier alpha value is -4.17. The number of carbonyl (C=O) groups excluding carboxylic acids is 1. The lowest BCUT2D eigenvalue weighted by Gasteiger charge is -2.22. The van der Waals surface area contributed by atoms with Gasteiger partial charge in [0.1, 0.15) is 18.2 Å². The number of nitrogens with one attached hydrogen (secondary N) is 1. The molecule has 0 bridgehead atoms. The van der Waals surface area contributed by atoms with E-state index in [1.807, 2.05) is 61.3 Å². The molecule has 0 fully saturated rings. The number of carbonyl (C=O) groups is 1. The molecule has 0 aliphatic carbocycles. The zero-order valence-electron chi connectivity index (χ0n) is 18.6. The molecule has 4 rings (SSSR count). The summed E-state index contributed by atoms with van der Waals surface area (Å²) in [7, 11) is 3.54. The standard InChI is InChI=1S/C25H24N4O4/c1-16-26-21-7-5-4-6-20(21)24(27-16)29(2)19-12-13-22(32-3)23(14-19)33-15-17-8-10-18(11-9-17)25(30)28-31/h4-14,31H,15H2,1-3H3,(H,28,30). The highest BCUT2D eigenvalue weighted by Crippen LogP contribution is 2.35. The molecule has 0 spiro atoms. The predicted octanol–water partition coefficient (Wildman–Crippen LogP) is 4.41. The molecular formula is C25H24N4O4. The Kier molecular flexibility index (Phi) is 6.37. The van der Waals surface area contributed by atoms with Crippen LogP contribution in [0.15, 0.2) is 66.7 Å². The summed E-state index contributed by atoms with van der Waals surface area (Å²) in [5.41, 5.74) is 4.60. The van der Waals surface area contributed by atoms with E-state index < -0.39 is 5.91 Å². The third-order valence-electron chi connectivity index (χ3n) is 5.26. The van der Waals surface area contributed by atoms with Gasteiger partial charge in [0.2, 0.25) is 0 Å². The first-order valence-electron chi connectivity index (χ1n) is 10.3. The third kappa shape index (κ3) is 4.70. The minimum Gasteiger partial charge on any atom is -0.493 e. The number of hydrogen-bond donors (Lipinski definition) is 2. The molecule has 0 aliphatic rings. The van der Waals surface area contributed by atoms with E-state index in [4.69, 9.17) is 14.7 Å². The number of para-hydroxylation sites is 1. The van der Waals surface area contributed by atoms with Gasteiger partial charge in [-0.15, -0.1) is 0 Å². The van der Waals surface area contributed by atoms with E-state index in [0.717, 1.165) is 28.0 Å². The minimum absolute atomic E-state index is 0.278. The minimum atomic E-state index is -0.563. The van der Waals surface area contributed by atoms with Crippen molar-refractivity contribution in [3.63, 3.8) is 0 Å². The van der Waals surface area contributed by atoms with Crippen molar-refractivity contribution in [3.05, 3.63) is 83.7 Å². The van der Waals surface area contributed by atoms with E-state index in [9.17, 15) is 4.79 Å². The van der Waals surface area contributed by atoms with Crippen LogP contribution in [0.25, 0.3) is 10.9 Å². The Bertz CT molecular complexity index is 1290. The van der Waals surface area contributed by atoms with Crippen LogP contribution in [0.4, 0.5) is 11.5 Å². The summed E-state index contributed by atoms with van der Waals surface area (Å²) in [6.45, 7) is 2.15. The Balaban J connectivity index is 1.60. The van der Waals surface area contributed by atoms with E-state index in [1.165, 1.54) is 0 Å². The van der Waals surface area contributed by atoms with Crippen LogP contribution in [0.2, 0.25) is 0 Å². The van der Waals surface area contributed by atoms with Crippen molar-refractivity contribution in [2.45, 2.75) is 13.5 Å². The van der Waals surface area contributed by atoms with Crippen molar-refractivity contribution >= 4 is 28.3 Å². The number of nitrogens with zero attached hydrogens (tertiary/aromatic N) is 3. The van der Waals surface area contributed by atoms with Gasteiger partial charge in [-0.25, -0.2) is 15.4 Å². The molecule has 0 saturated heterocycles. The molecule has 0 unspecified atom stereocenters. The second-order valence-corrected chi connectivity index (χ2v) is 7.43. The molecule has 1 aromatic heterocycles. The number of amides is 1. The normalized spacial score (nSPS) is 10.7. The summed E-state index contributed by atoms with van der Waals surface area (Å²) in [6.07, 6.45) is 0. The van der Waals surface area contributed by atoms with Crippen LogP contribution in [0.1, 0.15) is 21.7 Å². The topological polar surface area (TPSA) is 96.8 Å². The first-order valence-corrected chi connectivity index (χ1v) is 10.3. The Morgan fingerprint density at radius 2 is 1.79 bits per heavy atom. The number of benzene rings is 3. The molecule has 8 heteroatoms. The van der Waals surface area contributed by atoms with Crippen LogP contribution in [0.3, 0.4) is 0 Å². The SMILES string of the molecule is COc1ccc(N(C)c2nc(C)nc3ccccc23)cc1OCc1ccc(C(=O)NO)cc1. The molecule has 3 aromatic carbocycles. The van der Waals surface area contributed by atoms with Gasteiger partial charge in [0.05, 0.1) is 12.6 Å². The molecule has 2 N–H and O–H groups in total. The highest BCUT2D eigenvalue weighted by Gasteiger charge is 2.15. The highest BCUT2D eigenvalue weighted by atomic mass is 16.5. The number of fused-ring (bicyclic) bond motifs is 1. The van der Waals surface area contributed by atoms with Crippen LogP contribution in [-0.2, 0) is 6.61 Å². The van der Waals surface area contributed by atoms with Crippen LogP contribution in [0.5, 0.6) is 11.5 Å². The predicted molar refractivity (Wildman–Crippen MR) is 125 cm³/mol. The van der Waals surface area contributed by atoms with E-state index in [0.29, 0.717) is 22.9 Å². The van der Waals surface area contributed by atoms with Crippen molar-refractivity contribution < 1.29 is 19.5 Å². The van der Waals surface area contributed by atoms with Gasteiger partial charge in [-0.05, 0) is 48.9 Å². The van der Waals surface area contributed by atoms with Crippen molar-refractivity contribution in [1.82, 2.24) is 15.4 Å². The molecule has 0 saturated carbocycles. The van der Waals surface area contributed by atoms with E-state index >= 15 is 0 Å². The van der Waals surface area contributed by atoms with E-state index in [1.54, 1.807) is 36.9 Å². The van der Waals surface area contributed by atoms with Gasteiger partial charge in [0, 0.05) is 29.8 Å². The molecule has 1 heterocycles. The molecule has 1 amide bonds. The smallest absolute Gasteiger partial charge is 0.274 e. The summed E-state index contributed by atoms with van der Waals surface area (Å²) in [4.78, 5) is 22.7. The number of methoxy groups -OCH3 is 1. The lowest BCUT2D eigenvalue weighted by Crippen LogP contribution is -2.18. The van der Waals surface area contributed by atoms with Gasteiger partial charge in [-0.2, -0.15) is 0 Å². The zero-order valence-corrected chi connectivity index (χ0v) is 18.6. The molecular weight excluding hydrogens is 420 g/mol. The fraction of sp³-hybridized carbons (Fsp3) is 0.160. The van der Waals surface area contributed by atoms with Crippen molar-refractivity contribution in [3.8, 4) is 11.5 Å². The number of aromatic nitrogens is 2. The number of rotatable bonds is 7. The lowest BCUT2D eigenvalue weighted by molar-refractivity contribution is 0.0706. The van der Waals surface area contributed by atoms with E-state index in [2.05, 4.69) is 9.97 Å². The summed E-state index contributed by atoms with van der Waals surface area (Å²) in [5.74, 6) is 2.11. The second kappa shape index (κ2) is 9.54. The quantitative estimate of drug-likeness (QED) is 0.322. The number of ether oxygens (including phenoxy) is 2. The summed E-state index contributed by atoms with van der Waals surface area (Å²) in [5, 5.41) is 9.70. The number of hydroxylamine groups is 1. The molecule has 8 nitrogen and oxygen atoms in total. The Morgan fingerprint density at radius 1 is 1.03 bits per heavy atom. The Morgan fingerprint density at radius 3 is 2.52 bits per heavy atom. The van der Waals surface area contributed by atoms with Gasteiger partial charge in [-0.3, -0.25) is 10.0 Å². The zero-order chi connectivity index (χ0) is 23.4. The molecule has 168 valence electrons. The van der Waals surface area contributed by atoms with Gasteiger partial charge < -0.3 is 14.4 Å². The fourth-order valence-corrected chi connectivity index (χ4v) is 3.52. The second-order valence-electron chi connectivity index (χ2n) is 7.43. The van der Waals surface area contributed by atoms with Crippen molar-refractivity contribution in [2.24, 2.45) is 0 Å². The average molecular weight is 444 g/mol. The monoisotopic (exact) mass is 444 g/mol.